The molecule has 9 rings (SSSR count). The van der Waals surface area contributed by atoms with Crippen molar-refractivity contribution in [2.45, 2.75) is 0 Å². The molecule has 0 unspecified atom stereocenters. The average molecular weight is 589 g/mol. The molecule has 2 heterocycles. The van der Waals surface area contributed by atoms with Gasteiger partial charge >= 0.3 is 0 Å². The van der Waals surface area contributed by atoms with E-state index in [1.165, 1.54) is 0 Å². The summed E-state index contributed by atoms with van der Waals surface area (Å²) in [5.41, 5.74) is -7.57. The summed E-state index contributed by atoms with van der Waals surface area (Å²) in [5.74, 6) is 0. The zero-order valence-corrected chi connectivity index (χ0v) is 21.9. The Labute approximate surface area is 295 Å². The van der Waals surface area contributed by atoms with Gasteiger partial charge in [0.05, 0.1) is 66.1 Å². The summed E-state index contributed by atoms with van der Waals surface area (Å²) in [5, 5.41) is -2.28. The lowest BCUT2D eigenvalue weighted by Crippen LogP contribution is -1.97. The second-order valence-corrected chi connectivity index (χ2v) is 9.26. The normalized spacial score (nSPS) is 20.5. The lowest BCUT2D eigenvalue weighted by molar-refractivity contribution is 1.17. The Hall–Kier alpha value is -5.86. The molecule has 0 N–H and O–H groups in total. The van der Waals surface area contributed by atoms with Gasteiger partial charge in [0.2, 0.25) is 0 Å². The highest BCUT2D eigenvalue weighted by molar-refractivity contribution is 6.29. The molecule has 0 amide bonds. The molecule has 0 saturated heterocycles. The number of hydrogen-bond acceptors (Lipinski definition) is 0. The van der Waals surface area contributed by atoms with Crippen LogP contribution in [0, 0.1) is 0 Å². The fourth-order valence-electron chi connectivity index (χ4n) is 5.23. The fourth-order valence-corrected chi connectivity index (χ4v) is 5.23. The quantitative estimate of drug-likeness (QED) is 0.193. The van der Waals surface area contributed by atoms with Gasteiger partial charge in [-0.1, -0.05) is 127 Å². The second-order valence-electron chi connectivity index (χ2n) is 9.26. The van der Waals surface area contributed by atoms with Crippen LogP contribution < -0.4 is 0 Å². The van der Waals surface area contributed by atoms with Crippen LogP contribution in [-0.4, -0.2) is 9.13 Å². The number of hydrogen-bond donors (Lipinski definition) is 0. The molecule has 0 aliphatic heterocycles. The molecule has 0 spiro atoms. The molecule has 0 aliphatic carbocycles. The Bertz CT molecular complexity index is 3990. The Morgan fingerprint density at radius 3 is 1.48 bits per heavy atom. The summed E-state index contributed by atoms with van der Waals surface area (Å²) in [6.45, 7) is 0. The van der Waals surface area contributed by atoms with Crippen molar-refractivity contribution in [1.29, 1.82) is 0 Å². The number of fused-ring (bicyclic) bond motifs is 7. The van der Waals surface area contributed by atoms with Gasteiger partial charge in [-0.25, -0.2) is 0 Å². The third kappa shape index (κ3) is 3.68. The summed E-state index contributed by atoms with van der Waals surface area (Å²) in [6.07, 6.45) is 0. The number of benzene rings is 7. The van der Waals surface area contributed by atoms with Crippen LogP contribution in [-0.2, 0) is 0 Å². The predicted molar refractivity (Wildman–Crippen MR) is 186 cm³/mol. The van der Waals surface area contributed by atoms with Gasteiger partial charge in [0.25, 0.3) is 0 Å². The van der Waals surface area contributed by atoms with Crippen molar-refractivity contribution in [1.82, 2.24) is 9.13 Å². The first-order chi connectivity index (χ1) is 33.5. The van der Waals surface area contributed by atoms with Crippen LogP contribution in [0.3, 0.4) is 0 Å². The van der Waals surface area contributed by atoms with Crippen molar-refractivity contribution in [3.8, 4) is 33.6 Å². The largest absolute Gasteiger partial charge is 0.309 e. The Balaban J connectivity index is 1.62. The maximum Gasteiger partial charge on any atom is 0.0646 e. The Morgan fingerprint density at radius 1 is 0.341 bits per heavy atom. The predicted octanol–water partition coefficient (Wildman–Crippen LogP) is 11.2. The maximum absolute atomic E-state index is 9.77. The molecule has 0 saturated carbocycles. The van der Waals surface area contributed by atoms with Crippen molar-refractivity contribution < 1.29 is 38.4 Å². The molecule has 9 aromatic rings. The van der Waals surface area contributed by atoms with Crippen LogP contribution in [0.5, 0.6) is 0 Å². The van der Waals surface area contributed by atoms with Gasteiger partial charge < -0.3 is 9.13 Å². The van der Waals surface area contributed by atoms with Crippen LogP contribution in [0.25, 0.3) is 77.2 Å². The van der Waals surface area contributed by atoms with Crippen molar-refractivity contribution >= 4 is 43.6 Å². The van der Waals surface area contributed by atoms with Crippen molar-refractivity contribution in [2.24, 2.45) is 0 Å². The fraction of sp³-hybridized carbons (Fsp3) is 0. The smallest absolute Gasteiger partial charge is 0.0646 e. The highest BCUT2D eigenvalue weighted by atomic mass is 15.0. The van der Waals surface area contributed by atoms with Crippen molar-refractivity contribution in [3.05, 3.63) is 169 Å². The number of rotatable bonds is 4. The minimum Gasteiger partial charge on any atom is -0.309 e. The summed E-state index contributed by atoms with van der Waals surface area (Å²) in [4.78, 5) is 0. The van der Waals surface area contributed by atoms with Crippen molar-refractivity contribution in [2.75, 3.05) is 0 Å². The molecular formula is C42H28N2. The molecule has 44 heavy (non-hydrogen) atoms. The zero-order chi connectivity index (χ0) is 53.4. The van der Waals surface area contributed by atoms with Gasteiger partial charge in [0.1, 0.15) is 0 Å². The maximum atomic E-state index is 9.77. The van der Waals surface area contributed by atoms with Gasteiger partial charge in [-0.15, -0.1) is 0 Å². The van der Waals surface area contributed by atoms with E-state index >= 15 is 0 Å². The summed E-state index contributed by atoms with van der Waals surface area (Å²) in [7, 11) is 0. The van der Waals surface area contributed by atoms with Crippen LogP contribution in [0.1, 0.15) is 38.4 Å². The third-order valence-electron chi connectivity index (χ3n) is 6.98. The van der Waals surface area contributed by atoms with E-state index in [1.54, 1.807) is 0 Å². The second kappa shape index (κ2) is 9.86. The molecule has 0 aliphatic rings. The van der Waals surface area contributed by atoms with Gasteiger partial charge in [0.15, 0.2) is 0 Å². The van der Waals surface area contributed by atoms with Crippen molar-refractivity contribution in [3.63, 3.8) is 0 Å². The molecule has 2 heteroatoms. The standard InChI is InChI=1S/C42H28N2/c1-3-13-29(14-4-1)30-23-25-32(26-24-30)43-37-21-11-8-18-34(37)41-39(43)27-28-40-42(41)35-19-9-12-22-38(35)44(40)36-20-10-7-17-33(36)31-15-5-2-6-16-31/h1-28H/i1D,2D,3D,4D,5D,6D,7D,8D,9D,10D,11D,12D,13D,14D,15D,16D,17D,18D,19D,20D,21D,22D,23D,24D,25D,26D,27D,28D. The van der Waals surface area contributed by atoms with E-state index in [0.717, 1.165) is 9.13 Å². The van der Waals surface area contributed by atoms with E-state index in [9.17, 15) is 12.3 Å². The van der Waals surface area contributed by atoms with E-state index in [1.807, 2.05) is 0 Å². The van der Waals surface area contributed by atoms with E-state index in [0.29, 0.717) is 0 Å². The molecule has 206 valence electrons. The summed E-state index contributed by atoms with van der Waals surface area (Å²) in [6, 6.07) is -26.8. The summed E-state index contributed by atoms with van der Waals surface area (Å²) >= 11 is 0. The molecule has 2 nitrogen and oxygen atoms in total. The Kier molecular flexibility index (Phi) is 2.14. The summed E-state index contributed by atoms with van der Waals surface area (Å²) < 4.78 is 251. The molecule has 0 atom stereocenters. The molecule has 7 aromatic carbocycles. The van der Waals surface area contributed by atoms with Gasteiger partial charge in [0, 0.05) is 32.8 Å². The molecule has 0 fully saturated rings. The zero-order valence-electron chi connectivity index (χ0n) is 49.9. The van der Waals surface area contributed by atoms with Crippen LogP contribution in [0.15, 0.2) is 169 Å². The first-order valence-electron chi connectivity index (χ1n) is 26.8. The molecule has 2 aromatic heterocycles. The lowest BCUT2D eigenvalue weighted by atomic mass is 10.0. The van der Waals surface area contributed by atoms with Crippen LogP contribution >= 0.6 is 0 Å². The first kappa shape index (κ1) is 9.57. The monoisotopic (exact) mass is 588 g/mol. The van der Waals surface area contributed by atoms with Gasteiger partial charge in [-0.05, 0) is 59.0 Å². The molecule has 0 radical (unpaired) electrons. The Morgan fingerprint density at radius 2 is 0.818 bits per heavy atom. The van der Waals surface area contributed by atoms with Gasteiger partial charge in [-0.3, -0.25) is 0 Å². The average Bonchev–Trinajstić information content (AvgIpc) is 3.89. The van der Waals surface area contributed by atoms with Crippen LogP contribution in [0.4, 0.5) is 0 Å². The first-order valence-corrected chi connectivity index (χ1v) is 12.8. The van der Waals surface area contributed by atoms with E-state index in [-0.39, 0.29) is 0 Å². The molecule has 0 bridgehead atoms. The highest BCUT2D eigenvalue weighted by Crippen LogP contribution is 2.43. The van der Waals surface area contributed by atoms with E-state index in [4.69, 9.17) is 26.0 Å². The van der Waals surface area contributed by atoms with E-state index < -0.39 is 246 Å². The number of aromatic nitrogens is 2. The minimum absolute atomic E-state index is 0.543. The number of para-hydroxylation sites is 3. The van der Waals surface area contributed by atoms with Crippen LogP contribution in [0.2, 0.25) is 0 Å². The lowest BCUT2D eigenvalue weighted by Gasteiger charge is -2.14. The highest BCUT2D eigenvalue weighted by Gasteiger charge is 2.21. The van der Waals surface area contributed by atoms with E-state index in [2.05, 4.69) is 0 Å². The minimum atomic E-state index is -1.05. The molecular weight excluding hydrogens is 532 g/mol. The number of nitrogens with zero attached hydrogens (tertiary/aromatic N) is 2. The SMILES string of the molecule is [2H]c1c([2H])c([2H])c(-c2c([2H])c([2H])c(-n3c4c([2H])c([2H])c([2H])c([2H])c4c4c5c6c([2H])c([2H])c([2H])c([2H])c6n(-c6c([2H])c([2H])c([2H])c([2H])c6-c6c([2H])c([2H])c([2H])c([2H])c6[2H])c5c([2H])c([2H])c43)c([2H])c2[2H])c([2H])c1[2H]. The topological polar surface area (TPSA) is 9.86 Å². The third-order valence-corrected chi connectivity index (χ3v) is 6.98. The van der Waals surface area contributed by atoms with Gasteiger partial charge in [-0.2, -0.15) is 0 Å².